The van der Waals surface area contributed by atoms with Crippen LogP contribution in [0.5, 0.6) is 0 Å². The van der Waals surface area contributed by atoms with Crippen molar-refractivity contribution in [3.63, 3.8) is 0 Å². The molecule has 0 aliphatic carbocycles. The van der Waals surface area contributed by atoms with Crippen molar-refractivity contribution in [1.82, 2.24) is 5.32 Å². The first-order valence-corrected chi connectivity index (χ1v) is 5.42. The average molecular weight is 216 g/mol. The van der Waals surface area contributed by atoms with E-state index in [2.05, 4.69) is 5.32 Å². The van der Waals surface area contributed by atoms with E-state index in [1.54, 1.807) is 7.11 Å². The molecule has 0 aromatic carbocycles. The van der Waals surface area contributed by atoms with Crippen LogP contribution in [0.2, 0.25) is 0 Å². The summed E-state index contributed by atoms with van der Waals surface area (Å²) < 4.78 is 4.91. The Bertz CT molecular complexity index is 188. The van der Waals surface area contributed by atoms with Crippen LogP contribution < -0.4 is 11.1 Å². The highest BCUT2D eigenvalue weighted by Gasteiger charge is 2.26. The second kappa shape index (κ2) is 6.80. The lowest BCUT2D eigenvalue weighted by atomic mass is 9.87. The highest BCUT2D eigenvalue weighted by molar-refractivity contribution is 5.82. The van der Waals surface area contributed by atoms with Gasteiger partial charge in [0.25, 0.3) is 0 Å². The summed E-state index contributed by atoms with van der Waals surface area (Å²) in [5.74, 6) is -0.0695. The number of amides is 1. The Morgan fingerprint density at radius 1 is 1.40 bits per heavy atom. The number of rotatable bonds is 6. The number of methoxy groups -OCH3 is 1. The number of unbranched alkanes of at least 4 members (excludes halogenated alkanes) is 1. The minimum absolute atomic E-state index is 0.0695. The molecule has 0 saturated heterocycles. The molecule has 0 bridgehead atoms. The summed E-state index contributed by atoms with van der Waals surface area (Å²) in [7, 11) is 1.67. The van der Waals surface area contributed by atoms with Crippen LogP contribution in [0.4, 0.5) is 0 Å². The van der Waals surface area contributed by atoms with Crippen molar-refractivity contribution in [2.45, 2.75) is 39.7 Å². The largest absolute Gasteiger partial charge is 0.385 e. The van der Waals surface area contributed by atoms with E-state index in [4.69, 9.17) is 10.5 Å². The van der Waals surface area contributed by atoms with Crippen molar-refractivity contribution in [1.29, 1.82) is 0 Å². The smallest absolute Gasteiger partial charge is 0.237 e. The Balaban J connectivity index is 3.66. The molecule has 15 heavy (non-hydrogen) atoms. The van der Waals surface area contributed by atoms with Crippen LogP contribution in [-0.4, -0.2) is 32.2 Å². The van der Waals surface area contributed by atoms with Gasteiger partial charge in [-0.1, -0.05) is 20.8 Å². The standard InChI is InChI=1S/C11H24N2O2/c1-11(2,3)9(12)10(14)13-7-5-6-8-15-4/h9H,5-8,12H2,1-4H3,(H,13,14)/t9-/m1/s1. The molecule has 0 fully saturated rings. The molecule has 0 aliphatic rings. The highest BCUT2D eigenvalue weighted by Crippen LogP contribution is 2.16. The second-order valence-corrected chi connectivity index (χ2v) is 4.83. The molecule has 3 N–H and O–H groups in total. The maximum Gasteiger partial charge on any atom is 0.237 e. The molecule has 0 aromatic rings. The summed E-state index contributed by atoms with van der Waals surface area (Å²) in [4.78, 5) is 11.6. The molecular formula is C11H24N2O2. The number of hydrogen-bond donors (Lipinski definition) is 2. The number of carbonyl (C=O) groups excluding carboxylic acids is 1. The molecule has 0 aliphatic heterocycles. The molecule has 1 atom stereocenters. The van der Waals surface area contributed by atoms with Gasteiger partial charge in [0.2, 0.25) is 5.91 Å². The number of hydrogen-bond acceptors (Lipinski definition) is 3. The van der Waals surface area contributed by atoms with Crippen LogP contribution in [0.25, 0.3) is 0 Å². The van der Waals surface area contributed by atoms with Crippen LogP contribution in [0.3, 0.4) is 0 Å². The van der Waals surface area contributed by atoms with E-state index < -0.39 is 6.04 Å². The van der Waals surface area contributed by atoms with Crippen LogP contribution in [0, 0.1) is 5.41 Å². The molecule has 0 heterocycles. The third-order valence-corrected chi connectivity index (χ3v) is 2.29. The lowest BCUT2D eigenvalue weighted by molar-refractivity contribution is -0.124. The quantitative estimate of drug-likeness (QED) is 0.648. The fraction of sp³-hybridized carbons (Fsp3) is 0.909. The zero-order valence-electron chi connectivity index (χ0n) is 10.3. The third-order valence-electron chi connectivity index (χ3n) is 2.29. The monoisotopic (exact) mass is 216 g/mol. The Morgan fingerprint density at radius 3 is 2.47 bits per heavy atom. The van der Waals surface area contributed by atoms with Gasteiger partial charge in [0, 0.05) is 20.3 Å². The molecule has 0 radical (unpaired) electrons. The van der Waals surface area contributed by atoms with E-state index >= 15 is 0 Å². The van der Waals surface area contributed by atoms with Crippen LogP contribution in [-0.2, 0) is 9.53 Å². The summed E-state index contributed by atoms with van der Waals surface area (Å²) in [5, 5.41) is 2.83. The minimum Gasteiger partial charge on any atom is -0.385 e. The predicted octanol–water partition coefficient (Wildman–Crippen LogP) is 0.903. The normalized spacial score (nSPS) is 13.7. The van der Waals surface area contributed by atoms with Crippen molar-refractivity contribution >= 4 is 5.91 Å². The van der Waals surface area contributed by atoms with Crippen LogP contribution in [0.1, 0.15) is 33.6 Å². The summed E-state index contributed by atoms with van der Waals surface area (Å²) in [6.45, 7) is 7.29. The topological polar surface area (TPSA) is 64.3 Å². The molecule has 4 heteroatoms. The molecule has 1 amide bonds. The van der Waals surface area contributed by atoms with Gasteiger partial charge in [-0.25, -0.2) is 0 Å². The van der Waals surface area contributed by atoms with E-state index in [9.17, 15) is 4.79 Å². The number of nitrogens with two attached hydrogens (primary N) is 1. The Kier molecular flexibility index (Phi) is 6.52. The Labute approximate surface area is 92.6 Å². The Hall–Kier alpha value is -0.610. The number of nitrogens with one attached hydrogen (secondary N) is 1. The minimum atomic E-state index is -0.445. The first kappa shape index (κ1) is 14.4. The van der Waals surface area contributed by atoms with Gasteiger partial charge in [-0.3, -0.25) is 4.79 Å². The van der Waals surface area contributed by atoms with Crippen molar-refractivity contribution in [3.8, 4) is 0 Å². The van der Waals surface area contributed by atoms with Crippen molar-refractivity contribution < 1.29 is 9.53 Å². The summed E-state index contributed by atoms with van der Waals surface area (Å²) in [6.07, 6.45) is 1.89. The van der Waals surface area contributed by atoms with Gasteiger partial charge in [-0.05, 0) is 18.3 Å². The van der Waals surface area contributed by atoms with Gasteiger partial charge in [-0.2, -0.15) is 0 Å². The van der Waals surface area contributed by atoms with Gasteiger partial charge >= 0.3 is 0 Å². The zero-order chi connectivity index (χ0) is 11.9. The molecule has 0 unspecified atom stereocenters. The van der Waals surface area contributed by atoms with E-state index in [1.807, 2.05) is 20.8 Å². The second-order valence-electron chi connectivity index (χ2n) is 4.83. The molecule has 0 aromatic heterocycles. The SMILES string of the molecule is COCCCCNC(=O)[C@@H](N)C(C)(C)C. The predicted molar refractivity (Wildman–Crippen MR) is 61.6 cm³/mol. The number of ether oxygens (including phenoxy) is 1. The maximum absolute atomic E-state index is 11.6. The fourth-order valence-electron chi connectivity index (χ4n) is 1.09. The van der Waals surface area contributed by atoms with Crippen molar-refractivity contribution in [2.75, 3.05) is 20.3 Å². The van der Waals surface area contributed by atoms with Gasteiger partial charge in [-0.15, -0.1) is 0 Å². The molecule has 4 nitrogen and oxygen atoms in total. The number of carbonyl (C=O) groups is 1. The van der Waals surface area contributed by atoms with Crippen LogP contribution >= 0.6 is 0 Å². The maximum atomic E-state index is 11.6. The van der Waals surface area contributed by atoms with Gasteiger partial charge in [0.15, 0.2) is 0 Å². The van der Waals surface area contributed by atoms with Crippen LogP contribution in [0.15, 0.2) is 0 Å². The molecular weight excluding hydrogens is 192 g/mol. The molecule has 0 rings (SSSR count). The van der Waals surface area contributed by atoms with E-state index in [1.165, 1.54) is 0 Å². The zero-order valence-corrected chi connectivity index (χ0v) is 10.3. The van der Waals surface area contributed by atoms with Gasteiger partial charge in [0.05, 0.1) is 6.04 Å². The lowest BCUT2D eigenvalue weighted by Gasteiger charge is -2.25. The summed E-state index contributed by atoms with van der Waals surface area (Å²) in [5.41, 5.74) is 5.61. The highest BCUT2D eigenvalue weighted by atomic mass is 16.5. The first-order valence-electron chi connectivity index (χ1n) is 5.42. The molecule has 0 spiro atoms. The third kappa shape index (κ3) is 6.47. The van der Waals surface area contributed by atoms with Gasteiger partial charge in [0.1, 0.15) is 0 Å². The van der Waals surface area contributed by atoms with E-state index in [0.717, 1.165) is 19.4 Å². The van der Waals surface area contributed by atoms with Crippen molar-refractivity contribution in [2.24, 2.45) is 11.1 Å². The fourth-order valence-corrected chi connectivity index (χ4v) is 1.09. The van der Waals surface area contributed by atoms with Gasteiger partial charge < -0.3 is 15.8 Å². The summed E-state index contributed by atoms with van der Waals surface area (Å²) in [6, 6.07) is -0.445. The lowest BCUT2D eigenvalue weighted by Crippen LogP contribution is -2.48. The van der Waals surface area contributed by atoms with E-state index in [0.29, 0.717) is 6.54 Å². The summed E-state index contributed by atoms with van der Waals surface area (Å²) >= 11 is 0. The molecule has 90 valence electrons. The average Bonchev–Trinajstić information content (AvgIpc) is 2.14. The first-order chi connectivity index (χ1) is 6.89. The Morgan fingerprint density at radius 2 is 2.00 bits per heavy atom. The van der Waals surface area contributed by atoms with E-state index in [-0.39, 0.29) is 11.3 Å². The molecule has 0 saturated carbocycles. The van der Waals surface area contributed by atoms with Crippen molar-refractivity contribution in [3.05, 3.63) is 0 Å².